The molecule has 6 heteroatoms. The van der Waals surface area contributed by atoms with E-state index in [1.165, 1.54) is 6.07 Å². The smallest absolute Gasteiger partial charge is 0.317 e. The first-order valence-electron chi connectivity index (χ1n) is 5.27. The summed E-state index contributed by atoms with van der Waals surface area (Å²) >= 11 is 3.07. The average Bonchev–Trinajstić information content (AvgIpc) is 2.70. The van der Waals surface area contributed by atoms with Crippen LogP contribution in [0.2, 0.25) is 0 Å². The number of ether oxygens (including phenoxy) is 1. The maximum Gasteiger partial charge on any atom is 0.317 e. The SMILES string of the molecule is O=C1NCCN1CCOc1ccc(Br)c(F)c1. The average molecular weight is 303 g/mol. The highest BCUT2D eigenvalue weighted by molar-refractivity contribution is 9.10. The maximum atomic E-state index is 13.2. The molecule has 17 heavy (non-hydrogen) atoms. The van der Waals surface area contributed by atoms with Gasteiger partial charge in [0.1, 0.15) is 18.2 Å². The normalized spacial score (nSPS) is 14.9. The Morgan fingerprint density at radius 1 is 1.53 bits per heavy atom. The molecule has 1 aliphatic heterocycles. The van der Waals surface area contributed by atoms with Gasteiger partial charge in [-0.1, -0.05) is 0 Å². The summed E-state index contributed by atoms with van der Waals surface area (Å²) in [5, 5.41) is 2.70. The second-order valence-electron chi connectivity index (χ2n) is 3.64. The third-order valence-corrected chi connectivity index (χ3v) is 3.11. The van der Waals surface area contributed by atoms with Crippen molar-refractivity contribution in [2.45, 2.75) is 0 Å². The Kier molecular flexibility index (Phi) is 3.83. The zero-order valence-electron chi connectivity index (χ0n) is 9.08. The molecule has 1 aromatic carbocycles. The number of nitrogens with one attached hydrogen (secondary N) is 1. The molecule has 1 aromatic rings. The van der Waals surface area contributed by atoms with Crippen molar-refractivity contribution in [3.05, 3.63) is 28.5 Å². The standard InChI is InChI=1S/C11H12BrFN2O2/c12-9-2-1-8(7-10(9)13)17-6-5-15-4-3-14-11(15)16/h1-2,7H,3-6H2,(H,14,16). The number of halogens is 2. The molecule has 1 fully saturated rings. The van der Waals surface area contributed by atoms with Gasteiger partial charge in [-0.05, 0) is 28.1 Å². The van der Waals surface area contributed by atoms with Crippen LogP contribution >= 0.6 is 15.9 Å². The number of hydrogen-bond donors (Lipinski definition) is 1. The van der Waals surface area contributed by atoms with Crippen LogP contribution in [0, 0.1) is 5.82 Å². The zero-order chi connectivity index (χ0) is 12.3. The summed E-state index contributed by atoms with van der Waals surface area (Å²) in [7, 11) is 0. The van der Waals surface area contributed by atoms with Crippen LogP contribution in [0.3, 0.4) is 0 Å². The number of benzene rings is 1. The number of carbonyl (C=O) groups is 1. The van der Waals surface area contributed by atoms with Gasteiger partial charge < -0.3 is 15.0 Å². The van der Waals surface area contributed by atoms with Gasteiger partial charge in [-0.15, -0.1) is 0 Å². The van der Waals surface area contributed by atoms with E-state index in [1.807, 2.05) is 0 Å². The van der Waals surface area contributed by atoms with E-state index in [0.717, 1.165) is 0 Å². The van der Waals surface area contributed by atoms with E-state index < -0.39 is 0 Å². The Balaban J connectivity index is 1.81. The number of carbonyl (C=O) groups excluding carboxylic acids is 1. The van der Waals surface area contributed by atoms with E-state index in [-0.39, 0.29) is 11.8 Å². The molecule has 0 atom stereocenters. The minimum Gasteiger partial charge on any atom is -0.492 e. The van der Waals surface area contributed by atoms with Gasteiger partial charge in [0.2, 0.25) is 0 Å². The molecule has 0 spiro atoms. The zero-order valence-corrected chi connectivity index (χ0v) is 10.7. The number of rotatable bonds is 4. The van der Waals surface area contributed by atoms with Crippen molar-refractivity contribution in [2.24, 2.45) is 0 Å². The monoisotopic (exact) mass is 302 g/mol. The maximum absolute atomic E-state index is 13.2. The van der Waals surface area contributed by atoms with E-state index in [9.17, 15) is 9.18 Å². The molecule has 2 amide bonds. The molecule has 0 aliphatic carbocycles. The van der Waals surface area contributed by atoms with E-state index >= 15 is 0 Å². The third kappa shape index (κ3) is 3.09. The Labute approximate surface area is 107 Å². The van der Waals surface area contributed by atoms with Gasteiger partial charge in [0.05, 0.1) is 11.0 Å². The highest BCUT2D eigenvalue weighted by Gasteiger charge is 2.18. The molecular weight excluding hydrogens is 291 g/mol. The molecule has 0 bridgehead atoms. The van der Waals surface area contributed by atoms with Crippen molar-refractivity contribution in [2.75, 3.05) is 26.2 Å². The van der Waals surface area contributed by atoms with Crippen LogP contribution in [0.5, 0.6) is 5.75 Å². The number of nitrogens with zero attached hydrogens (tertiary/aromatic N) is 1. The molecule has 0 aromatic heterocycles. The highest BCUT2D eigenvalue weighted by atomic mass is 79.9. The van der Waals surface area contributed by atoms with E-state index in [0.29, 0.717) is 36.5 Å². The molecular formula is C11H12BrFN2O2. The Hall–Kier alpha value is -1.30. The molecule has 4 nitrogen and oxygen atoms in total. The lowest BCUT2D eigenvalue weighted by Gasteiger charge is -2.14. The molecule has 1 heterocycles. The molecule has 0 radical (unpaired) electrons. The summed E-state index contributed by atoms with van der Waals surface area (Å²) in [5.41, 5.74) is 0. The summed E-state index contributed by atoms with van der Waals surface area (Å²) in [6, 6.07) is 4.51. The number of urea groups is 1. The third-order valence-electron chi connectivity index (χ3n) is 2.47. The predicted molar refractivity (Wildman–Crippen MR) is 64.6 cm³/mol. The lowest BCUT2D eigenvalue weighted by Crippen LogP contribution is -2.31. The van der Waals surface area contributed by atoms with E-state index in [4.69, 9.17) is 4.74 Å². The van der Waals surface area contributed by atoms with Crippen molar-refractivity contribution >= 4 is 22.0 Å². The van der Waals surface area contributed by atoms with Crippen LogP contribution in [0.25, 0.3) is 0 Å². The number of amides is 2. The second-order valence-corrected chi connectivity index (χ2v) is 4.50. The van der Waals surface area contributed by atoms with Crippen LogP contribution < -0.4 is 10.1 Å². The van der Waals surface area contributed by atoms with Crippen LogP contribution in [-0.2, 0) is 0 Å². The quantitative estimate of drug-likeness (QED) is 0.924. The minimum atomic E-state index is -0.360. The molecule has 0 saturated carbocycles. The molecule has 0 unspecified atom stereocenters. The van der Waals surface area contributed by atoms with Gasteiger partial charge in [0, 0.05) is 19.2 Å². The summed E-state index contributed by atoms with van der Waals surface area (Å²) in [4.78, 5) is 12.9. The second kappa shape index (κ2) is 5.35. The van der Waals surface area contributed by atoms with Crippen molar-refractivity contribution in [1.29, 1.82) is 0 Å². The predicted octanol–water partition coefficient (Wildman–Crippen LogP) is 1.99. The first-order chi connectivity index (χ1) is 8.16. The van der Waals surface area contributed by atoms with Gasteiger partial charge in [0.25, 0.3) is 0 Å². The highest BCUT2D eigenvalue weighted by Crippen LogP contribution is 2.20. The largest absolute Gasteiger partial charge is 0.492 e. The van der Waals surface area contributed by atoms with Gasteiger partial charge in [-0.25, -0.2) is 9.18 Å². The molecule has 2 rings (SSSR count). The lowest BCUT2D eigenvalue weighted by atomic mass is 10.3. The Morgan fingerprint density at radius 2 is 2.35 bits per heavy atom. The molecule has 1 saturated heterocycles. The van der Waals surface area contributed by atoms with Gasteiger partial charge in [0.15, 0.2) is 0 Å². The summed E-state index contributed by atoms with van der Waals surface area (Å²) < 4.78 is 18.9. The molecule has 1 aliphatic rings. The first-order valence-corrected chi connectivity index (χ1v) is 6.07. The van der Waals surface area contributed by atoms with Crippen LogP contribution in [0.4, 0.5) is 9.18 Å². The summed E-state index contributed by atoms with van der Waals surface area (Å²) in [6.07, 6.45) is 0. The molecule has 92 valence electrons. The number of hydrogen-bond acceptors (Lipinski definition) is 2. The van der Waals surface area contributed by atoms with E-state index in [1.54, 1.807) is 17.0 Å². The fourth-order valence-electron chi connectivity index (χ4n) is 1.56. The van der Waals surface area contributed by atoms with Crippen molar-refractivity contribution in [3.8, 4) is 5.75 Å². The summed E-state index contributed by atoms with van der Waals surface area (Å²) in [5.74, 6) is 0.103. The Morgan fingerprint density at radius 3 is 3.00 bits per heavy atom. The van der Waals surface area contributed by atoms with Crippen molar-refractivity contribution in [1.82, 2.24) is 10.2 Å². The fourth-order valence-corrected chi connectivity index (χ4v) is 1.81. The minimum absolute atomic E-state index is 0.0735. The van der Waals surface area contributed by atoms with E-state index in [2.05, 4.69) is 21.2 Å². The van der Waals surface area contributed by atoms with Crippen LogP contribution in [0.15, 0.2) is 22.7 Å². The Bertz CT molecular complexity index is 428. The van der Waals surface area contributed by atoms with Crippen LogP contribution in [-0.4, -0.2) is 37.2 Å². The van der Waals surface area contributed by atoms with Crippen LogP contribution in [0.1, 0.15) is 0 Å². The van der Waals surface area contributed by atoms with Crippen molar-refractivity contribution < 1.29 is 13.9 Å². The fraction of sp³-hybridized carbons (Fsp3) is 0.364. The van der Waals surface area contributed by atoms with Gasteiger partial charge in [-0.3, -0.25) is 0 Å². The summed E-state index contributed by atoms with van der Waals surface area (Å²) in [6.45, 7) is 2.22. The first kappa shape index (κ1) is 12.2. The topological polar surface area (TPSA) is 41.6 Å². The van der Waals surface area contributed by atoms with Crippen molar-refractivity contribution in [3.63, 3.8) is 0 Å². The van der Waals surface area contributed by atoms with Gasteiger partial charge in [-0.2, -0.15) is 0 Å². The van der Waals surface area contributed by atoms with Gasteiger partial charge >= 0.3 is 6.03 Å². The lowest BCUT2D eigenvalue weighted by molar-refractivity contribution is 0.202. The molecule has 1 N–H and O–H groups in total.